The van der Waals surface area contributed by atoms with Crippen LogP contribution in [0.3, 0.4) is 0 Å². The van der Waals surface area contributed by atoms with Crippen molar-refractivity contribution in [3.05, 3.63) is 23.8 Å². The maximum absolute atomic E-state index is 10.2. The van der Waals surface area contributed by atoms with Crippen molar-refractivity contribution >= 4 is 6.41 Å². The van der Waals surface area contributed by atoms with Crippen LogP contribution in [0.5, 0.6) is 11.5 Å². The number of ether oxygens (including phenoxy) is 2. The zero-order chi connectivity index (χ0) is 16.1. The smallest absolute Gasteiger partial charge is 0.207 e. The zero-order valence-electron chi connectivity index (χ0n) is 13.9. The third-order valence-corrected chi connectivity index (χ3v) is 1.87. The van der Waals surface area contributed by atoms with Crippen LogP contribution in [-0.4, -0.2) is 27.0 Å². The van der Waals surface area contributed by atoms with E-state index < -0.39 is 14.1 Å². The van der Waals surface area contributed by atoms with Crippen LogP contribution in [0.2, 0.25) is 0 Å². The first-order chi connectivity index (χ1) is 9.61. The average Bonchev–Trinajstić information content (AvgIpc) is 2.29. The average molecular weight is 215 g/mol. The van der Waals surface area contributed by atoms with Gasteiger partial charge in [0.15, 0.2) is 11.5 Å². The van der Waals surface area contributed by atoms with Crippen molar-refractivity contribution in [2.45, 2.75) is 6.42 Å². The van der Waals surface area contributed by atoms with Crippen molar-refractivity contribution in [3.8, 4) is 11.5 Å². The van der Waals surface area contributed by atoms with Gasteiger partial charge in [0.05, 0.1) is 22.3 Å². The molecule has 0 saturated heterocycles. The highest BCUT2D eigenvalue weighted by Gasteiger charge is 2.03. The van der Waals surface area contributed by atoms with Crippen LogP contribution in [0, 0.1) is 0 Å². The van der Waals surface area contributed by atoms with Crippen molar-refractivity contribution in [1.82, 2.24) is 5.32 Å². The minimum atomic E-state index is -2.73. The summed E-state index contributed by atoms with van der Waals surface area (Å²) in [4.78, 5) is 10.2. The Morgan fingerprint density at radius 1 is 1.40 bits per heavy atom. The second kappa shape index (κ2) is 5.90. The molecular weight excluding hydrogens is 194 g/mol. The molecule has 0 saturated carbocycles. The first-order valence-corrected chi connectivity index (χ1v) is 4.29. The monoisotopic (exact) mass is 215 g/mol. The Bertz CT molecular complexity index is 486. The molecule has 0 atom stereocenters. The van der Waals surface area contributed by atoms with Crippen molar-refractivity contribution in [3.63, 3.8) is 0 Å². The summed E-state index contributed by atoms with van der Waals surface area (Å²) >= 11 is 0. The molecule has 0 bridgehead atoms. The number of nitrogens with one attached hydrogen (secondary N) is 1. The summed E-state index contributed by atoms with van der Waals surface area (Å²) in [6.45, 7) is 0.357. The predicted octanol–water partition coefficient (Wildman–Crippen LogP) is 0.992. The van der Waals surface area contributed by atoms with Crippen LogP contribution in [-0.2, 0) is 11.2 Å². The molecule has 0 aliphatic rings. The van der Waals surface area contributed by atoms with Gasteiger partial charge in [-0.1, -0.05) is 6.07 Å². The van der Waals surface area contributed by atoms with E-state index >= 15 is 0 Å². The molecular formula is C11H15NO3. The molecule has 4 heteroatoms. The zero-order valence-corrected chi connectivity index (χ0v) is 7.95. The lowest BCUT2D eigenvalue weighted by atomic mass is 10.1. The van der Waals surface area contributed by atoms with E-state index in [1.165, 1.54) is 12.1 Å². The largest absolute Gasteiger partial charge is 0.493 e. The van der Waals surface area contributed by atoms with E-state index in [1.807, 2.05) is 0 Å². The Morgan fingerprint density at radius 2 is 2.20 bits per heavy atom. The number of benzene rings is 1. The molecule has 1 N–H and O–H groups in total. The molecule has 0 unspecified atom stereocenters. The number of amides is 1. The quantitative estimate of drug-likeness (QED) is 0.568. The fraction of sp³-hybridized carbons (Fsp3) is 0.364. The summed E-state index contributed by atoms with van der Waals surface area (Å²) in [5, 5.41) is 2.46. The van der Waals surface area contributed by atoms with Crippen LogP contribution in [0.25, 0.3) is 0 Å². The van der Waals surface area contributed by atoms with Gasteiger partial charge in [-0.05, 0) is 24.1 Å². The van der Waals surface area contributed by atoms with Crippen LogP contribution in [0.4, 0.5) is 0 Å². The van der Waals surface area contributed by atoms with E-state index in [0.29, 0.717) is 24.9 Å². The van der Waals surface area contributed by atoms with Crippen LogP contribution >= 0.6 is 0 Å². The predicted molar refractivity (Wildman–Crippen MR) is 57.3 cm³/mol. The fourth-order valence-corrected chi connectivity index (χ4v) is 1.15. The topological polar surface area (TPSA) is 47.6 Å². The highest BCUT2D eigenvalue weighted by atomic mass is 16.5. The summed E-state index contributed by atoms with van der Waals surface area (Å²) in [7, 11) is -5.44. The van der Waals surface area contributed by atoms with Crippen molar-refractivity contribution in [2.24, 2.45) is 0 Å². The van der Waals surface area contributed by atoms with Gasteiger partial charge in [-0.3, -0.25) is 4.79 Å². The second-order valence-electron chi connectivity index (χ2n) is 2.81. The van der Waals surface area contributed by atoms with Gasteiger partial charge in [0.25, 0.3) is 0 Å². The molecule has 4 nitrogen and oxygen atoms in total. The Labute approximate surface area is 97.6 Å². The highest BCUT2D eigenvalue weighted by Crippen LogP contribution is 2.27. The fourth-order valence-electron chi connectivity index (χ4n) is 1.15. The van der Waals surface area contributed by atoms with E-state index in [1.54, 1.807) is 6.07 Å². The van der Waals surface area contributed by atoms with Crippen molar-refractivity contribution in [1.29, 1.82) is 0 Å². The van der Waals surface area contributed by atoms with Gasteiger partial charge in [0.2, 0.25) is 6.41 Å². The van der Waals surface area contributed by atoms with Gasteiger partial charge >= 0.3 is 0 Å². The van der Waals surface area contributed by atoms with Gasteiger partial charge in [0, 0.05) is 6.54 Å². The first kappa shape index (κ1) is 5.39. The molecule has 0 aliphatic carbocycles. The Hall–Kier alpha value is -1.71. The van der Waals surface area contributed by atoms with E-state index in [4.69, 9.17) is 17.7 Å². The first-order valence-electron chi connectivity index (χ1n) is 7.29. The third kappa shape index (κ3) is 3.16. The number of carbonyl (C=O) groups excluding carboxylic acids is 1. The third-order valence-electron chi connectivity index (χ3n) is 1.87. The Morgan fingerprint density at radius 3 is 2.93 bits per heavy atom. The van der Waals surface area contributed by atoms with Crippen LogP contribution in [0.15, 0.2) is 18.2 Å². The number of hydrogen-bond donors (Lipinski definition) is 1. The van der Waals surface area contributed by atoms with Crippen LogP contribution < -0.4 is 14.8 Å². The minimum Gasteiger partial charge on any atom is -0.493 e. The van der Waals surface area contributed by atoms with Crippen LogP contribution in [0.1, 0.15) is 13.8 Å². The maximum Gasteiger partial charge on any atom is 0.207 e. The molecule has 0 spiro atoms. The van der Waals surface area contributed by atoms with Gasteiger partial charge in [-0.25, -0.2) is 0 Å². The lowest BCUT2D eigenvalue weighted by molar-refractivity contribution is -0.109. The lowest BCUT2D eigenvalue weighted by Gasteiger charge is -2.09. The number of hydrogen-bond acceptors (Lipinski definition) is 3. The second-order valence-corrected chi connectivity index (χ2v) is 2.81. The van der Waals surface area contributed by atoms with Gasteiger partial charge < -0.3 is 14.8 Å². The normalized spacial score (nSPS) is 17.1. The summed E-state index contributed by atoms with van der Waals surface area (Å²) in [5.41, 5.74) is 0.668. The maximum atomic E-state index is 10.2. The van der Waals surface area contributed by atoms with Gasteiger partial charge in [0.1, 0.15) is 0 Å². The molecule has 1 amide bonds. The highest BCUT2D eigenvalue weighted by molar-refractivity contribution is 5.46. The molecule has 0 aromatic heterocycles. The number of carbonyl (C=O) groups is 1. The van der Waals surface area contributed by atoms with Gasteiger partial charge in [-0.15, -0.1) is 0 Å². The molecule has 1 aromatic rings. The van der Waals surface area contributed by atoms with Gasteiger partial charge in [-0.2, -0.15) is 0 Å². The summed E-state index contributed by atoms with van der Waals surface area (Å²) in [5.74, 6) is -0.368. The molecule has 1 rings (SSSR count). The summed E-state index contributed by atoms with van der Waals surface area (Å²) < 4.78 is 51.9. The molecule has 0 fully saturated rings. The molecule has 1 aromatic carbocycles. The minimum absolute atomic E-state index is 0.182. The van der Waals surface area contributed by atoms with E-state index in [-0.39, 0.29) is 11.5 Å². The Balaban J connectivity index is 2.99. The van der Waals surface area contributed by atoms with E-state index in [0.717, 1.165) is 0 Å². The molecule has 82 valence electrons. The van der Waals surface area contributed by atoms with Crippen molar-refractivity contribution in [2.75, 3.05) is 20.6 Å². The summed E-state index contributed by atoms with van der Waals surface area (Å²) in [6.07, 6.45) is 0.982. The summed E-state index contributed by atoms with van der Waals surface area (Å²) in [6, 6.07) is 4.27. The standard InChI is InChI=1S/C11H15NO3/c1-14-10-4-3-9(5-6-12-8-13)7-11(10)15-2/h3-4,7-8H,5-6H2,1-2H3,(H,12,13)/i1D3,2D3. The SMILES string of the molecule is [2H]C([2H])([2H])Oc1ccc(CCNC=O)cc1OC([2H])([2H])[2H]. The number of rotatable bonds is 6. The Kier molecular flexibility index (Phi) is 2.12. The van der Waals surface area contributed by atoms with Crippen molar-refractivity contribution < 1.29 is 22.5 Å². The molecule has 0 aliphatic heterocycles. The van der Waals surface area contributed by atoms with E-state index in [2.05, 4.69) is 5.32 Å². The lowest BCUT2D eigenvalue weighted by Crippen LogP contribution is -2.14. The number of methoxy groups -OCH3 is 2. The van der Waals surface area contributed by atoms with E-state index in [9.17, 15) is 4.79 Å². The molecule has 0 radical (unpaired) electrons. The molecule has 15 heavy (non-hydrogen) atoms. The molecule has 0 heterocycles.